The standard InChI is InChI=1S/C20H22ClN3O4/c1-4-5-8-24-20(21)14(12(2)23-24)6-7-19(26)22-16-10-18-17(27-11-28-18)9-15(16)13(3)25/h6-7,9-10H,4-5,8,11H2,1-3H3,(H,22,26)/b7-6+. The Balaban J connectivity index is 1.78. The second-order valence-corrected chi connectivity index (χ2v) is 6.85. The lowest BCUT2D eigenvalue weighted by atomic mass is 10.1. The van der Waals surface area contributed by atoms with Crippen molar-refractivity contribution in [2.75, 3.05) is 12.1 Å². The summed E-state index contributed by atoms with van der Waals surface area (Å²) in [5.74, 6) is 0.396. The van der Waals surface area contributed by atoms with Crippen molar-refractivity contribution in [1.29, 1.82) is 0 Å². The molecule has 0 saturated heterocycles. The van der Waals surface area contributed by atoms with Gasteiger partial charge in [0.1, 0.15) is 5.15 Å². The summed E-state index contributed by atoms with van der Waals surface area (Å²) < 4.78 is 12.3. The van der Waals surface area contributed by atoms with Gasteiger partial charge in [-0.2, -0.15) is 5.10 Å². The largest absolute Gasteiger partial charge is 0.454 e. The Kier molecular flexibility index (Phi) is 6.04. The summed E-state index contributed by atoms with van der Waals surface area (Å²) in [7, 11) is 0. The van der Waals surface area contributed by atoms with Gasteiger partial charge in [0.15, 0.2) is 17.3 Å². The van der Waals surface area contributed by atoms with E-state index in [4.69, 9.17) is 21.1 Å². The molecule has 1 N–H and O–H groups in total. The molecule has 0 unspecified atom stereocenters. The zero-order chi connectivity index (χ0) is 20.3. The van der Waals surface area contributed by atoms with Crippen molar-refractivity contribution in [3.05, 3.63) is 40.2 Å². The molecule has 0 aliphatic carbocycles. The number of fused-ring (bicyclic) bond motifs is 1. The molecule has 1 aromatic carbocycles. The highest BCUT2D eigenvalue weighted by Crippen LogP contribution is 2.37. The van der Waals surface area contributed by atoms with E-state index in [0.717, 1.165) is 25.1 Å². The zero-order valence-corrected chi connectivity index (χ0v) is 16.8. The van der Waals surface area contributed by atoms with Crippen molar-refractivity contribution in [3.8, 4) is 11.5 Å². The Bertz CT molecular complexity index is 949. The fraction of sp³-hybridized carbons (Fsp3) is 0.350. The van der Waals surface area contributed by atoms with Crippen molar-refractivity contribution in [2.45, 2.75) is 40.2 Å². The Labute approximate surface area is 168 Å². The summed E-state index contributed by atoms with van der Waals surface area (Å²) in [6.07, 6.45) is 5.01. The van der Waals surface area contributed by atoms with E-state index in [1.807, 2.05) is 6.92 Å². The summed E-state index contributed by atoms with van der Waals surface area (Å²) in [6.45, 7) is 6.19. The minimum absolute atomic E-state index is 0.0871. The molecular weight excluding hydrogens is 382 g/mol. The van der Waals surface area contributed by atoms with Crippen LogP contribution in [-0.4, -0.2) is 28.3 Å². The quantitative estimate of drug-likeness (QED) is 0.552. The molecule has 0 atom stereocenters. The number of anilines is 1. The summed E-state index contributed by atoms with van der Waals surface area (Å²) in [6, 6.07) is 3.16. The number of aryl methyl sites for hydroxylation is 2. The fourth-order valence-electron chi connectivity index (χ4n) is 2.88. The molecule has 148 valence electrons. The smallest absolute Gasteiger partial charge is 0.248 e. The lowest BCUT2D eigenvalue weighted by Crippen LogP contribution is -2.11. The van der Waals surface area contributed by atoms with Gasteiger partial charge in [-0.1, -0.05) is 24.9 Å². The first-order chi connectivity index (χ1) is 13.4. The highest BCUT2D eigenvalue weighted by molar-refractivity contribution is 6.31. The lowest BCUT2D eigenvalue weighted by molar-refractivity contribution is -0.111. The molecule has 3 rings (SSSR count). The third kappa shape index (κ3) is 4.20. The molecule has 0 spiro atoms. The summed E-state index contributed by atoms with van der Waals surface area (Å²) in [5.41, 5.74) is 2.17. The lowest BCUT2D eigenvalue weighted by Gasteiger charge is -2.09. The second kappa shape index (κ2) is 8.48. The van der Waals surface area contributed by atoms with Crippen LogP contribution >= 0.6 is 11.6 Å². The first-order valence-electron chi connectivity index (χ1n) is 9.07. The number of halogens is 1. The van der Waals surface area contributed by atoms with Crippen molar-refractivity contribution in [1.82, 2.24) is 9.78 Å². The summed E-state index contributed by atoms with van der Waals surface area (Å²) in [5, 5.41) is 7.63. The van der Waals surface area contributed by atoms with Crippen molar-refractivity contribution in [2.24, 2.45) is 0 Å². The number of carbonyl (C=O) groups is 2. The number of aromatic nitrogens is 2. The van der Waals surface area contributed by atoms with Crippen LogP contribution in [0.5, 0.6) is 11.5 Å². The van der Waals surface area contributed by atoms with Crippen molar-refractivity contribution >= 4 is 35.1 Å². The predicted octanol–water partition coefficient (Wildman–Crippen LogP) is 4.23. The number of hydrogen-bond donors (Lipinski definition) is 1. The number of nitrogens with zero attached hydrogens (tertiary/aromatic N) is 2. The molecule has 7 nitrogen and oxygen atoms in total. The van der Waals surface area contributed by atoms with E-state index in [1.54, 1.807) is 22.9 Å². The van der Waals surface area contributed by atoms with Gasteiger partial charge in [0.05, 0.1) is 11.4 Å². The van der Waals surface area contributed by atoms with Gasteiger partial charge < -0.3 is 14.8 Å². The molecule has 1 aliphatic heterocycles. The molecule has 2 aromatic rings. The SMILES string of the molecule is CCCCn1nc(C)c(/C=C/C(=O)Nc2cc3c(cc2C(C)=O)OCO3)c1Cl. The van der Waals surface area contributed by atoms with Gasteiger partial charge in [-0.3, -0.25) is 14.3 Å². The van der Waals surface area contributed by atoms with Crippen LogP contribution in [0.1, 0.15) is 48.3 Å². The first-order valence-corrected chi connectivity index (χ1v) is 9.45. The number of Topliss-reactive ketones (excluding diaryl/α,β-unsaturated/α-hetero) is 1. The number of ketones is 1. The molecule has 2 heterocycles. The second-order valence-electron chi connectivity index (χ2n) is 6.50. The number of carbonyl (C=O) groups excluding carboxylic acids is 2. The zero-order valence-electron chi connectivity index (χ0n) is 16.0. The third-order valence-corrected chi connectivity index (χ3v) is 4.78. The molecular formula is C20H22ClN3O4. The molecule has 1 amide bonds. The number of hydrogen-bond acceptors (Lipinski definition) is 5. The van der Waals surface area contributed by atoms with E-state index in [1.165, 1.54) is 13.0 Å². The van der Waals surface area contributed by atoms with Gasteiger partial charge >= 0.3 is 0 Å². The maximum absolute atomic E-state index is 12.4. The van der Waals surface area contributed by atoms with E-state index in [2.05, 4.69) is 17.3 Å². The number of benzene rings is 1. The Morgan fingerprint density at radius 1 is 1.32 bits per heavy atom. The van der Waals surface area contributed by atoms with Crippen molar-refractivity contribution < 1.29 is 19.1 Å². The molecule has 1 aliphatic rings. The Morgan fingerprint density at radius 2 is 2.04 bits per heavy atom. The molecule has 1 aromatic heterocycles. The van der Waals surface area contributed by atoms with Crippen LogP contribution in [0.25, 0.3) is 6.08 Å². The minimum atomic E-state index is -0.391. The van der Waals surface area contributed by atoms with E-state index >= 15 is 0 Å². The number of unbranched alkanes of at least 4 members (excludes halogenated alkanes) is 1. The van der Waals surface area contributed by atoms with E-state index in [0.29, 0.717) is 33.5 Å². The maximum atomic E-state index is 12.4. The third-order valence-electron chi connectivity index (χ3n) is 4.38. The van der Waals surface area contributed by atoms with Crippen LogP contribution in [-0.2, 0) is 11.3 Å². The predicted molar refractivity (Wildman–Crippen MR) is 107 cm³/mol. The highest BCUT2D eigenvalue weighted by Gasteiger charge is 2.20. The van der Waals surface area contributed by atoms with Gasteiger partial charge in [-0.05, 0) is 32.4 Å². The summed E-state index contributed by atoms with van der Waals surface area (Å²) >= 11 is 6.38. The number of nitrogens with one attached hydrogen (secondary N) is 1. The summed E-state index contributed by atoms with van der Waals surface area (Å²) in [4.78, 5) is 24.3. The van der Waals surface area contributed by atoms with E-state index in [-0.39, 0.29) is 12.6 Å². The van der Waals surface area contributed by atoms with Crippen molar-refractivity contribution in [3.63, 3.8) is 0 Å². The van der Waals surface area contributed by atoms with Crippen LogP contribution in [0.2, 0.25) is 5.15 Å². The van der Waals surface area contributed by atoms with Crippen LogP contribution in [0.3, 0.4) is 0 Å². The topological polar surface area (TPSA) is 82.5 Å². The van der Waals surface area contributed by atoms with Gasteiger partial charge in [0, 0.05) is 29.8 Å². The molecule has 28 heavy (non-hydrogen) atoms. The van der Waals surface area contributed by atoms with Crippen LogP contribution in [0.15, 0.2) is 18.2 Å². The molecule has 8 heteroatoms. The normalized spacial score (nSPS) is 12.6. The number of rotatable bonds is 7. The molecule has 0 radical (unpaired) electrons. The van der Waals surface area contributed by atoms with E-state index in [9.17, 15) is 9.59 Å². The molecule has 0 fully saturated rings. The van der Waals surface area contributed by atoms with Gasteiger partial charge in [-0.15, -0.1) is 0 Å². The number of ether oxygens (including phenoxy) is 2. The van der Waals surface area contributed by atoms with Crippen LogP contribution in [0.4, 0.5) is 5.69 Å². The minimum Gasteiger partial charge on any atom is -0.454 e. The maximum Gasteiger partial charge on any atom is 0.248 e. The van der Waals surface area contributed by atoms with Crippen LogP contribution < -0.4 is 14.8 Å². The monoisotopic (exact) mass is 403 g/mol. The fourth-order valence-corrected chi connectivity index (χ4v) is 3.20. The first kappa shape index (κ1) is 19.9. The Hall–Kier alpha value is -2.80. The molecule has 0 bridgehead atoms. The van der Waals surface area contributed by atoms with Gasteiger partial charge in [0.25, 0.3) is 0 Å². The number of amides is 1. The Morgan fingerprint density at radius 3 is 2.71 bits per heavy atom. The van der Waals surface area contributed by atoms with Gasteiger partial charge in [0.2, 0.25) is 12.7 Å². The van der Waals surface area contributed by atoms with E-state index < -0.39 is 5.91 Å². The van der Waals surface area contributed by atoms with Crippen LogP contribution in [0, 0.1) is 6.92 Å². The highest BCUT2D eigenvalue weighted by atomic mass is 35.5. The average Bonchev–Trinajstić information content (AvgIpc) is 3.21. The van der Waals surface area contributed by atoms with Gasteiger partial charge in [-0.25, -0.2) is 0 Å². The average molecular weight is 404 g/mol. The molecule has 0 saturated carbocycles.